The lowest BCUT2D eigenvalue weighted by molar-refractivity contribution is -0.129. The van der Waals surface area contributed by atoms with E-state index in [2.05, 4.69) is 11.9 Å². The third kappa shape index (κ3) is 5.05. The Kier molecular flexibility index (Phi) is 7.19. The van der Waals surface area contributed by atoms with E-state index in [0.29, 0.717) is 33.4 Å². The van der Waals surface area contributed by atoms with Gasteiger partial charge in [-0.1, -0.05) is 43.1 Å². The molecule has 0 bridgehead atoms. The predicted molar refractivity (Wildman–Crippen MR) is 112 cm³/mol. The summed E-state index contributed by atoms with van der Waals surface area (Å²) in [6, 6.07) is 5.16. The van der Waals surface area contributed by atoms with Gasteiger partial charge in [0.2, 0.25) is 5.91 Å². The van der Waals surface area contributed by atoms with E-state index in [1.807, 2.05) is 4.90 Å². The Morgan fingerprint density at radius 1 is 1.22 bits per heavy atom. The van der Waals surface area contributed by atoms with Crippen LogP contribution >= 0.6 is 23.4 Å². The molecule has 1 fully saturated rings. The van der Waals surface area contributed by atoms with Gasteiger partial charge in [-0.05, 0) is 43.9 Å². The van der Waals surface area contributed by atoms with E-state index in [0.717, 1.165) is 45.2 Å². The molecule has 1 aliphatic heterocycles. The Hall–Kier alpha value is -1.53. The molecule has 0 radical (unpaired) electrons. The zero-order chi connectivity index (χ0) is 19.2. The van der Waals surface area contributed by atoms with E-state index in [1.165, 1.54) is 18.2 Å². The summed E-state index contributed by atoms with van der Waals surface area (Å²) in [7, 11) is 0. The van der Waals surface area contributed by atoms with Crippen LogP contribution < -0.4 is 5.56 Å². The summed E-state index contributed by atoms with van der Waals surface area (Å²) < 4.78 is 1.72. The van der Waals surface area contributed by atoms with Crippen molar-refractivity contribution in [2.24, 2.45) is 0 Å². The molecule has 0 unspecified atom stereocenters. The number of carbonyl (C=O) groups excluding carboxylic acids is 1. The lowest BCUT2D eigenvalue weighted by Gasteiger charge is -2.26. The Morgan fingerprint density at radius 3 is 2.74 bits per heavy atom. The Balaban J connectivity index is 1.85. The molecule has 146 valence electrons. The van der Waals surface area contributed by atoms with Gasteiger partial charge in [0.05, 0.1) is 16.7 Å². The first kappa shape index (κ1) is 20.2. The first-order chi connectivity index (χ1) is 13.1. The lowest BCUT2D eigenvalue weighted by atomic mass is 10.1. The number of benzene rings is 1. The topological polar surface area (TPSA) is 55.2 Å². The zero-order valence-electron chi connectivity index (χ0n) is 15.7. The molecule has 27 heavy (non-hydrogen) atoms. The minimum Gasteiger partial charge on any atom is -0.342 e. The van der Waals surface area contributed by atoms with Crippen molar-refractivity contribution in [3.05, 3.63) is 33.6 Å². The molecule has 3 rings (SSSR count). The van der Waals surface area contributed by atoms with Gasteiger partial charge in [-0.15, -0.1) is 0 Å². The van der Waals surface area contributed by atoms with Crippen molar-refractivity contribution in [2.75, 3.05) is 18.8 Å². The Labute approximate surface area is 169 Å². The number of likely N-dealkylation sites (tertiary alicyclic amines) is 1. The van der Waals surface area contributed by atoms with Crippen molar-refractivity contribution in [3.8, 4) is 0 Å². The van der Waals surface area contributed by atoms with Gasteiger partial charge in [0.15, 0.2) is 5.16 Å². The van der Waals surface area contributed by atoms with Crippen LogP contribution in [-0.4, -0.2) is 39.2 Å². The summed E-state index contributed by atoms with van der Waals surface area (Å²) in [5.74, 6) is 0.437. The number of fused-ring (bicyclic) bond motifs is 1. The molecule has 0 atom stereocenters. The largest absolute Gasteiger partial charge is 0.342 e. The number of unbranched alkanes of at least 4 members (excludes halogenated alkanes) is 2. The van der Waals surface area contributed by atoms with Gasteiger partial charge in [-0.25, -0.2) is 4.98 Å². The number of hydrogen-bond acceptors (Lipinski definition) is 4. The summed E-state index contributed by atoms with van der Waals surface area (Å²) >= 11 is 7.44. The number of hydrogen-bond donors (Lipinski definition) is 0. The van der Waals surface area contributed by atoms with Gasteiger partial charge in [0.25, 0.3) is 5.56 Å². The number of rotatable bonds is 7. The van der Waals surface area contributed by atoms with Crippen molar-refractivity contribution < 1.29 is 4.79 Å². The number of piperidine rings is 1. The highest BCUT2D eigenvalue weighted by molar-refractivity contribution is 7.99. The number of halogens is 1. The second-order valence-corrected chi connectivity index (χ2v) is 8.33. The van der Waals surface area contributed by atoms with Crippen LogP contribution in [0.1, 0.15) is 45.4 Å². The molecule has 1 saturated heterocycles. The Morgan fingerprint density at radius 2 is 2.00 bits per heavy atom. The molecule has 0 saturated carbocycles. The predicted octanol–water partition coefficient (Wildman–Crippen LogP) is 4.34. The summed E-state index contributed by atoms with van der Waals surface area (Å²) in [4.78, 5) is 32.1. The first-order valence-corrected chi connectivity index (χ1v) is 11.1. The smallest absolute Gasteiger partial charge is 0.262 e. The monoisotopic (exact) mass is 407 g/mol. The van der Waals surface area contributed by atoms with E-state index in [4.69, 9.17) is 11.6 Å². The maximum Gasteiger partial charge on any atom is 0.262 e. The standard InChI is InChI=1S/C20H26ClN3O2S/c1-2-3-5-12-24-19(26)16-9-8-15(21)13-17(16)22-20(24)27-14-18(25)23-10-6-4-7-11-23/h8-9,13H,2-7,10-12,14H2,1H3. The van der Waals surface area contributed by atoms with Crippen molar-refractivity contribution in [3.63, 3.8) is 0 Å². The lowest BCUT2D eigenvalue weighted by Crippen LogP contribution is -2.37. The molecular formula is C20H26ClN3O2S. The molecule has 0 N–H and O–H groups in total. The second-order valence-electron chi connectivity index (χ2n) is 6.95. The average Bonchev–Trinajstić information content (AvgIpc) is 2.68. The third-order valence-corrected chi connectivity index (χ3v) is 6.10. The van der Waals surface area contributed by atoms with Crippen LogP contribution in [0.3, 0.4) is 0 Å². The van der Waals surface area contributed by atoms with Crippen molar-refractivity contribution in [1.29, 1.82) is 0 Å². The minimum atomic E-state index is -0.0549. The number of thioether (sulfide) groups is 1. The van der Waals surface area contributed by atoms with Crippen LogP contribution in [0.25, 0.3) is 10.9 Å². The van der Waals surface area contributed by atoms with E-state index in [9.17, 15) is 9.59 Å². The van der Waals surface area contributed by atoms with Crippen LogP contribution in [0.15, 0.2) is 28.2 Å². The van der Waals surface area contributed by atoms with E-state index >= 15 is 0 Å². The van der Waals surface area contributed by atoms with Crippen LogP contribution in [0.2, 0.25) is 5.02 Å². The quantitative estimate of drug-likeness (QED) is 0.389. The fourth-order valence-electron chi connectivity index (χ4n) is 3.36. The number of nitrogens with zero attached hydrogens (tertiary/aromatic N) is 3. The van der Waals surface area contributed by atoms with Gasteiger partial charge in [-0.2, -0.15) is 0 Å². The van der Waals surface area contributed by atoms with Crippen LogP contribution in [0.5, 0.6) is 0 Å². The average molecular weight is 408 g/mol. The molecule has 1 amide bonds. The van der Waals surface area contributed by atoms with Crippen LogP contribution in [-0.2, 0) is 11.3 Å². The molecule has 2 heterocycles. The molecule has 5 nitrogen and oxygen atoms in total. The highest BCUT2D eigenvalue weighted by Gasteiger charge is 2.18. The summed E-state index contributed by atoms with van der Waals surface area (Å²) in [5.41, 5.74) is 0.535. The van der Waals surface area contributed by atoms with E-state index < -0.39 is 0 Å². The maximum atomic E-state index is 13.0. The number of aromatic nitrogens is 2. The van der Waals surface area contributed by atoms with Crippen molar-refractivity contribution in [2.45, 2.75) is 57.1 Å². The molecule has 0 spiro atoms. The summed E-state index contributed by atoms with van der Waals surface area (Å²) in [6.07, 6.45) is 6.41. The highest BCUT2D eigenvalue weighted by atomic mass is 35.5. The third-order valence-electron chi connectivity index (χ3n) is 4.90. The Bertz CT molecular complexity index is 862. The van der Waals surface area contributed by atoms with Gasteiger partial charge in [0, 0.05) is 24.7 Å². The summed E-state index contributed by atoms with van der Waals surface area (Å²) in [5, 5.41) is 1.73. The molecule has 1 aromatic heterocycles. The van der Waals surface area contributed by atoms with Gasteiger partial charge in [0.1, 0.15) is 0 Å². The van der Waals surface area contributed by atoms with Crippen molar-refractivity contribution in [1.82, 2.24) is 14.5 Å². The molecule has 7 heteroatoms. The summed E-state index contributed by atoms with van der Waals surface area (Å²) in [6.45, 7) is 4.43. The zero-order valence-corrected chi connectivity index (χ0v) is 17.3. The van der Waals surface area contributed by atoms with Gasteiger partial charge >= 0.3 is 0 Å². The molecular weight excluding hydrogens is 382 g/mol. The molecule has 2 aromatic rings. The number of carbonyl (C=O) groups is 1. The van der Waals surface area contributed by atoms with Gasteiger partial charge < -0.3 is 4.90 Å². The number of amides is 1. The van der Waals surface area contributed by atoms with Crippen LogP contribution in [0, 0.1) is 0 Å². The minimum absolute atomic E-state index is 0.0549. The van der Waals surface area contributed by atoms with Gasteiger partial charge in [-0.3, -0.25) is 14.2 Å². The molecule has 1 aromatic carbocycles. The van der Waals surface area contributed by atoms with E-state index in [1.54, 1.807) is 22.8 Å². The van der Waals surface area contributed by atoms with Crippen molar-refractivity contribution >= 4 is 40.2 Å². The fraction of sp³-hybridized carbons (Fsp3) is 0.550. The van der Waals surface area contributed by atoms with Crippen LogP contribution in [0.4, 0.5) is 0 Å². The van der Waals surface area contributed by atoms with E-state index in [-0.39, 0.29) is 11.5 Å². The highest BCUT2D eigenvalue weighted by Crippen LogP contribution is 2.22. The SMILES string of the molecule is CCCCCn1c(SCC(=O)N2CCCCC2)nc2cc(Cl)ccc2c1=O. The first-order valence-electron chi connectivity index (χ1n) is 9.71. The molecule has 0 aliphatic carbocycles. The second kappa shape index (κ2) is 9.60. The maximum absolute atomic E-state index is 13.0. The fourth-order valence-corrected chi connectivity index (χ4v) is 4.46. The molecule has 1 aliphatic rings. The normalized spacial score (nSPS) is 14.7.